The van der Waals surface area contributed by atoms with Gasteiger partial charge in [-0.05, 0) is 32.0 Å². The Morgan fingerprint density at radius 3 is 2.78 bits per heavy atom. The maximum Gasteiger partial charge on any atom is 0.422 e. The maximum absolute atomic E-state index is 12.4. The van der Waals surface area contributed by atoms with Gasteiger partial charge in [-0.15, -0.1) is 0 Å². The highest BCUT2D eigenvalue weighted by molar-refractivity contribution is 6.01. The van der Waals surface area contributed by atoms with E-state index in [2.05, 4.69) is 30.4 Å². The summed E-state index contributed by atoms with van der Waals surface area (Å²) in [5, 5.41) is 10.2. The van der Waals surface area contributed by atoms with Gasteiger partial charge < -0.3 is 10.1 Å². The first kappa shape index (κ1) is 19.1. The molecule has 0 bridgehead atoms. The van der Waals surface area contributed by atoms with Gasteiger partial charge in [0.1, 0.15) is 5.69 Å². The Morgan fingerprint density at radius 1 is 1.33 bits per heavy atom. The minimum Gasteiger partial charge on any atom is -0.468 e. The van der Waals surface area contributed by atoms with Crippen LogP contribution >= 0.6 is 0 Å². The largest absolute Gasteiger partial charge is 0.468 e. The number of piperidine rings is 1. The molecule has 0 unspecified atom stereocenters. The van der Waals surface area contributed by atoms with Crippen molar-refractivity contribution in [3.8, 4) is 5.88 Å². The van der Waals surface area contributed by atoms with E-state index in [1.165, 1.54) is 22.9 Å². The molecule has 3 rings (SSSR count). The summed E-state index contributed by atoms with van der Waals surface area (Å²) in [6, 6.07) is 4.02. The molecule has 1 aliphatic heterocycles. The molecule has 0 saturated carbocycles. The first-order chi connectivity index (χ1) is 12.8. The van der Waals surface area contributed by atoms with Crippen LogP contribution in [0.3, 0.4) is 0 Å². The Kier molecular flexibility index (Phi) is 5.59. The monoisotopic (exact) mass is 384 g/mol. The van der Waals surface area contributed by atoms with Crippen LogP contribution in [0.4, 0.5) is 19.1 Å². The van der Waals surface area contributed by atoms with Crippen molar-refractivity contribution in [2.24, 2.45) is 7.05 Å². The number of hydrogen-bond donors (Lipinski definition) is 2. The van der Waals surface area contributed by atoms with Crippen LogP contribution < -0.4 is 15.4 Å². The number of carbonyl (C=O) groups is 1. The predicted octanol–water partition coefficient (Wildman–Crippen LogP) is 1.87. The number of ether oxygens (including phenoxy) is 1. The lowest BCUT2D eigenvalue weighted by Crippen LogP contribution is -2.27. The molecule has 0 spiro atoms. The number of amides is 1. The van der Waals surface area contributed by atoms with Gasteiger partial charge in [-0.25, -0.2) is 9.67 Å². The van der Waals surface area contributed by atoms with Gasteiger partial charge >= 0.3 is 6.18 Å². The van der Waals surface area contributed by atoms with Crippen molar-refractivity contribution in [2.45, 2.75) is 24.9 Å². The van der Waals surface area contributed by atoms with E-state index < -0.39 is 18.7 Å². The molecule has 0 aliphatic carbocycles. The van der Waals surface area contributed by atoms with Crippen molar-refractivity contribution in [1.29, 1.82) is 0 Å². The zero-order chi connectivity index (χ0) is 19.4. The number of hydrogen-bond acceptors (Lipinski definition) is 6. The van der Waals surface area contributed by atoms with Crippen LogP contribution in [0, 0.1) is 0 Å². The molecule has 1 aliphatic rings. The standard InChI is InChI=1S/C16H19F3N6O2/c1-25-15(22-13(24-25)10-5-7-20-8-6-10)23-14(26)11-3-2-4-12(21-11)27-9-16(17,18)19/h2-4,10,20H,5-9H2,1H3,(H,22,23,24,26). The number of rotatable bonds is 5. The van der Waals surface area contributed by atoms with E-state index in [1.54, 1.807) is 7.05 Å². The second-order valence-electron chi connectivity index (χ2n) is 6.16. The van der Waals surface area contributed by atoms with Crippen molar-refractivity contribution < 1.29 is 22.7 Å². The topological polar surface area (TPSA) is 94.0 Å². The van der Waals surface area contributed by atoms with Crippen molar-refractivity contribution >= 4 is 11.9 Å². The van der Waals surface area contributed by atoms with Crippen LogP contribution in [-0.2, 0) is 7.05 Å². The summed E-state index contributed by atoms with van der Waals surface area (Å²) in [6.07, 6.45) is -2.65. The number of aryl methyl sites for hydroxylation is 1. The fraction of sp³-hybridized carbons (Fsp3) is 0.500. The zero-order valence-corrected chi connectivity index (χ0v) is 14.6. The summed E-state index contributed by atoms with van der Waals surface area (Å²) >= 11 is 0. The Bertz CT molecular complexity index is 802. The molecule has 146 valence electrons. The first-order valence-electron chi connectivity index (χ1n) is 8.41. The lowest BCUT2D eigenvalue weighted by Gasteiger charge is -2.19. The molecule has 3 heterocycles. The smallest absolute Gasteiger partial charge is 0.422 e. The van der Waals surface area contributed by atoms with Crippen LogP contribution in [0.5, 0.6) is 5.88 Å². The van der Waals surface area contributed by atoms with Gasteiger partial charge in [-0.2, -0.15) is 23.3 Å². The summed E-state index contributed by atoms with van der Waals surface area (Å²) in [6.45, 7) is 0.298. The highest BCUT2D eigenvalue weighted by Gasteiger charge is 2.29. The summed E-state index contributed by atoms with van der Waals surface area (Å²) < 4.78 is 42.7. The highest BCUT2D eigenvalue weighted by atomic mass is 19.4. The fourth-order valence-electron chi connectivity index (χ4n) is 2.71. The number of aromatic nitrogens is 4. The second kappa shape index (κ2) is 7.91. The van der Waals surface area contributed by atoms with Gasteiger partial charge in [0.25, 0.3) is 5.91 Å². The van der Waals surface area contributed by atoms with Crippen molar-refractivity contribution in [2.75, 3.05) is 25.0 Å². The number of nitrogens with zero attached hydrogens (tertiary/aromatic N) is 4. The molecule has 1 fully saturated rings. The number of nitrogens with one attached hydrogen (secondary N) is 2. The molecule has 2 N–H and O–H groups in total. The molecule has 2 aromatic rings. The SMILES string of the molecule is Cn1nc(C2CCNCC2)nc1NC(=O)c1cccc(OCC(F)(F)F)n1. The van der Waals surface area contributed by atoms with E-state index in [0.717, 1.165) is 25.9 Å². The van der Waals surface area contributed by atoms with Crippen LogP contribution in [0.25, 0.3) is 0 Å². The molecule has 27 heavy (non-hydrogen) atoms. The van der Waals surface area contributed by atoms with Gasteiger partial charge in [0.15, 0.2) is 12.4 Å². The number of halogens is 3. The molecule has 1 saturated heterocycles. The molecule has 0 radical (unpaired) electrons. The predicted molar refractivity (Wildman–Crippen MR) is 89.6 cm³/mol. The van der Waals surface area contributed by atoms with E-state index in [4.69, 9.17) is 0 Å². The summed E-state index contributed by atoms with van der Waals surface area (Å²) in [5.74, 6) is 0.231. The third-order valence-electron chi connectivity index (χ3n) is 4.05. The Hall–Kier alpha value is -2.69. The fourth-order valence-corrected chi connectivity index (χ4v) is 2.71. The zero-order valence-electron chi connectivity index (χ0n) is 14.6. The minimum atomic E-state index is -4.48. The molecular weight excluding hydrogens is 365 g/mol. The van der Waals surface area contributed by atoms with E-state index >= 15 is 0 Å². The van der Waals surface area contributed by atoms with E-state index in [-0.39, 0.29) is 23.4 Å². The molecule has 8 nitrogen and oxygen atoms in total. The third-order valence-corrected chi connectivity index (χ3v) is 4.05. The average Bonchev–Trinajstić information content (AvgIpc) is 3.01. The van der Waals surface area contributed by atoms with Gasteiger partial charge in [-0.3, -0.25) is 10.1 Å². The number of alkyl halides is 3. The Balaban J connectivity index is 1.67. The molecular formula is C16H19F3N6O2. The van der Waals surface area contributed by atoms with Crippen LogP contribution in [0.2, 0.25) is 0 Å². The number of anilines is 1. The van der Waals surface area contributed by atoms with Gasteiger partial charge in [-0.1, -0.05) is 6.07 Å². The molecule has 2 aromatic heterocycles. The Labute approximate surface area is 153 Å². The maximum atomic E-state index is 12.4. The normalized spacial score (nSPS) is 15.6. The van der Waals surface area contributed by atoms with Gasteiger partial charge in [0.05, 0.1) is 0 Å². The average molecular weight is 384 g/mol. The van der Waals surface area contributed by atoms with Crippen molar-refractivity contribution in [3.05, 3.63) is 29.7 Å². The Morgan fingerprint density at radius 2 is 2.07 bits per heavy atom. The summed E-state index contributed by atoms with van der Waals surface area (Å²) in [7, 11) is 1.66. The van der Waals surface area contributed by atoms with Gasteiger partial charge in [0.2, 0.25) is 11.8 Å². The molecule has 11 heteroatoms. The number of pyridine rings is 1. The lowest BCUT2D eigenvalue weighted by atomic mass is 9.98. The molecule has 1 amide bonds. The lowest BCUT2D eigenvalue weighted by molar-refractivity contribution is -0.154. The third kappa shape index (κ3) is 5.16. The summed E-state index contributed by atoms with van der Waals surface area (Å²) in [4.78, 5) is 20.5. The highest BCUT2D eigenvalue weighted by Crippen LogP contribution is 2.23. The molecule has 0 atom stereocenters. The minimum absolute atomic E-state index is 0.0823. The van der Waals surface area contributed by atoms with E-state index in [1.807, 2.05) is 0 Å². The first-order valence-corrected chi connectivity index (χ1v) is 8.41. The quantitative estimate of drug-likeness (QED) is 0.818. The van der Waals surface area contributed by atoms with Crippen LogP contribution in [0.15, 0.2) is 18.2 Å². The van der Waals surface area contributed by atoms with E-state index in [9.17, 15) is 18.0 Å². The number of carbonyl (C=O) groups excluding carboxylic acids is 1. The molecule has 0 aromatic carbocycles. The summed E-state index contributed by atoms with van der Waals surface area (Å²) in [5.41, 5.74) is -0.0823. The van der Waals surface area contributed by atoms with Crippen molar-refractivity contribution in [1.82, 2.24) is 25.1 Å². The van der Waals surface area contributed by atoms with Crippen LogP contribution in [0.1, 0.15) is 35.1 Å². The van der Waals surface area contributed by atoms with Crippen LogP contribution in [-0.4, -0.2) is 51.5 Å². The van der Waals surface area contributed by atoms with Gasteiger partial charge in [0, 0.05) is 19.0 Å². The second-order valence-corrected chi connectivity index (χ2v) is 6.16. The van der Waals surface area contributed by atoms with E-state index in [0.29, 0.717) is 5.82 Å². The van der Waals surface area contributed by atoms with Crippen molar-refractivity contribution in [3.63, 3.8) is 0 Å².